The van der Waals surface area contributed by atoms with Crippen molar-refractivity contribution in [3.8, 4) is 0 Å². The van der Waals surface area contributed by atoms with Gasteiger partial charge in [0.15, 0.2) is 0 Å². The van der Waals surface area contributed by atoms with Crippen LogP contribution in [0.2, 0.25) is 0 Å². The van der Waals surface area contributed by atoms with Gasteiger partial charge in [0.05, 0.1) is 0 Å². The van der Waals surface area contributed by atoms with Gasteiger partial charge in [-0.2, -0.15) is 4.98 Å². The van der Waals surface area contributed by atoms with Crippen LogP contribution >= 0.6 is 0 Å². The molecule has 5 nitrogen and oxygen atoms in total. The van der Waals surface area contributed by atoms with Crippen molar-refractivity contribution in [3.63, 3.8) is 0 Å². The van der Waals surface area contributed by atoms with Crippen LogP contribution < -0.4 is 16.4 Å². The van der Waals surface area contributed by atoms with Crippen molar-refractivity contribution in [2.24, 2.45) is 5.73 Å². The number of anilines is 2. The first-order valence-electron chi connectivity index (χ1n) is 5.27. The van der Waals surface area contributed by atoms with Gasteiger partial charge in [-0.3, -0.25) is 0 Å². The average molecular weight is 209 g/mol. The maximum absolute atomic E-state index is 5.64. The Morgan fingerprint density at radius 2 is 2.33 bits per heavy atom. The SMILES string of the molecule is CCCC(CN)Nc1nccc(NC)n1. The molecule has 84 valence electrons. The highest BCUT2D eigenvalue weighted by atomic mass is 15.1. The summed E-state index contributed by atoms with van der Waals surface area (Å²) in [5.74, 6) is 1.44. The summed E-state index contributed by atoms with van der Waals surface area (Å²) in [5.41, 5.74) is 5.64. The molecule has 1 aromatic rings. The molecule has 1 rings (SSSR count). The highest BCUT2D eigenvalue weighted by Crippen LogP contribution is 2.07. The molecule has 0 fully saturated rings. The molecule has 0 bridgehead atoms. The maximum atomic E-state index is 5.64. The van der Waals surface area contributed by atoms with Crippen molar-refractivity contribution >= 4 is 11.8 Å². The van der Waals surface area contributed by atoms with E-state index in [1.54, 1.807) is 6.20 Å². The van der Waals surface area contributed by atoms with E-state index in [1.165, 1.54) is 0 Å². The Hall–Kier alpha value is -1.36. The topological polar surface area (TPSA) is 75.9 Å². The summed E-state index contributed by atoms with van der Waals surface area (Å²) in [5, 5.41) is 6.19. The first-order chi connectivity index (χ1) is 7.30. The van der Waals surface area contributed by atoms with Gasteiger partial charge in [0.25, 0.3) is 0 Å². The Balaban J connectivity index is 2.61. The van der Waals surface area contributed by atoms with E-state index >= 15 is 0 Å². The third-order valence-corrected chi connectivity index (χ3v) is 2.17. The number of nitrogens with two attached hydrogens (primary N) is 1. The first-order valence-corrected chi connectivity index (χ1v) is 5.27. The van der Waals surface area contributed by atoms with Gasteiger partial charge in [-0.25, -0.2) is 4.98 Å². The Labute approximate surface area is 90.5 Å². The molecule has 0 amide bonds. The molecule has 5 heteroatoms. The van der Waals surface area contributed by atoms with E-state index in [4.69, 9.17) is 5.73 Å². The van der Waals surface area contributed by atoms with Gasteiger partial charge in [0, 0.05) is 25.8 Å². The minimum atomic E-state index is 0.252. The van der Waals surface area contributed by atoms with Gasteiger partial charge < -0.3 is 16.4 Å². The number of rotatable bonds is 6. The van der Waals surface area contributed by atoms with Crippen molar-refractivity contribution in [1.29, 1.82) is 0 Å². The normalized spacial score (nSPS) is 12.2. The molecule has 1 unspecified atom stereocenters. The second-order valence-electron chi connectivity index (χ2n) is 3.38. The van der Waals surface area contributed by atoms with E-state index in [9.17, 15) is 0 Å². The molecule has 1 heterocycles. The summed E-state index contributed by atoms with van der Waals surface area (Å²) >= 11 is 0. The van der Waals surface area contributed by atoms with Gasteiger partial charge in [0.2, 0.25) is 5.95 Å². The zero-order valence-corrected chi connectivity index (χ0v) is 9.33. The fourth-order valence-corrected chi connectivity index (χ4v) is 1.35. The number of aromatic nitrogens is 2. The van der Waals surface area contributed by atoms with Crippen LogP contribution in [0.1, 0.15) is 19.8 Å². The van der Waals surface area contributed by atoms with Crippen molar-refractivity contribution in [2.75, 3.05) is 24.2 Å². The van der Waals surface area contributed by atoms with E-state index in [0.717, 1.165) is 18.7 Å². The number of hydrogen-bond donors (Lipinski definition) is 3. The summed E-state index contributed by atoms with van der Waals surface area (Å²) in [4.78, 5) is 8.41. The second kappa shape index (κ2) is 6.19. The molecule has 0 aliphatic carbocycles. The third-order valence-electron chi connectivity index (χ3n) is 2.17. The number of hydrogen-bond acceptors (Lipinski definition) is 5. The molecule has 4 N–H and O–H groups in total. The number of nitrogens with one attached hydrogen (secondary N) is 2. The fraction of sp³-hybridized carbons (Fsp3) is 0.600. The van der Waals surface area contributed by atoms with Crippen LogP contribution in [0.3, 0.4) is 0 Å². The van der Waals surface area contributed by atoms with E-state index in [2.05, 4.69) is 27.5 Å². The Morgan fingerprint density at radius 3 is 2.93 bits per heavy atom. The monoisotopic (exact) mass is 209 g/mol. The highest BCUT2D eigenvalue weighted by Gasteiger charge is 2.06. The molecular weight excluding hydrogens is 190 g/mol. The minimum Gasteiger partial charge on any atom is -0.373 e. The van der Waals surface area contributed by atoms with Crippen molar-refractivity contribution in [2.45, 2.75) is 25.8 Å². The fourth-order valence-electron chi connectivity index (χ4n) is 1.35. The molecule has 0 aliphatic heterocycles. The summed E-state index contributed by atoms with van der Waals surface area (Å²) < 4.78 is 0. The summed E-state index contributed by atoms with van der Waals surface area (Å²) in [6.45, 7) is 2.73. The molecule has 0 saturated carbocycles. The van der Waals surface area contributed by atoms with Crippen molar-refractivity contribution in [1.82, 2.24) is 9.97 Å². The molecule has 0 aromatic carbocycles. The van der Waals surface area contributed by atoms with Crippen LogP contribution in [-0.2, 0) is 0 Å². The highest BCUT2D eigenvalue weighted by molar-refractivity contribution is 5.39. The average Bonchev–Trinajstić information content (AvgIpc) is 2.29. The van der Waals surface area contributed by atoms with E-state index in [1.807, 2.05) is 13.1 Å². The molecule has 1 atom stereocenters. The largest absolute Gasteiger partial charge is 0.373 e. The van der Waals surface area contributed by atoms with Crippen LogP contribution in [0.5, 0.6) is 0 Å². The summed E-state index contributed by atoms with van der Waals surface area (Å²) in [6, 6.07) is 2.07. The van der Waals surface area contributed by atoms with E-state index in [-0.39, 0.29) is 6.04 Å². The predicted molar refractivity (Wildman–Crippen MR) is 63.0 cm³/mol. The second-order valence-corrected chi connectivity index (χ2v) is 3.38. The van der Waals surface area contributed by atoms with Crippen LogP contribution in [0, 0.1) is 0 Å². The quantitative estimate of drug-likeness (QED) is 0.653. The van der Waals surface area contributed by atoms with Gasteiger partial charge in [0.1, 0.15) is 5.82 Å². The summed E-state index contributed by atoms with van der Waals surface area (Å²) in [6.07, 6.45) is 3.85. The predicted octanol–water partition coefficient (Wildman–Crippen LogP) is 1.06. The molecule has 0 spiro atoms. The van der Waals surface area contributed by atoms with Crippen LogP contribution in [0.4, 0.5) is 11.8 Å². The third kappa shape index (κ3) is 3.71. The van der Waals surface area contributed by atoms with E-state index in [0.29, 0.717) is 12.5 Å². The van der Waals surface area contributed by atoms with Crippen LogP contribution in [0.15, 0.2) is 12.3 Å². The number of nitrogens with zero attached hydrogens (tertiary/aromatic N) is 2. The Kier molecular flexibility index (Phi) is 4.83. The van der Waals surface area contributed by atoms with Crippen molar-refractivity contribution < 1.29 is 0 Å². The molecule has 0 aliphatic rings. The zero-order chi connectivity index (χ0) is 11.1. The standard InChI is InChI=1S/C10H19N5/c1-3-4-8(7-11)14-10-13-6-5-9(12-2)15-10/h5-6,8H,3-4,7,11H2,1-2H3,(H2,12,13,14,15). The molecule has 0 radical (unpaired) electrons. The lowest BCUT2D eigenvalue weighted by atomic mass is 10.2. The van der Waals surface area contributed by atoms with Crippen molar-refractivity contribution in [3.05, 3.63) is 12.3 Å². The maximum Gasteiger partial charge on any atom is 0.224 e. The molecule has 1 aromatic heterocycles. The summed E-state index contributed by atoms with van der Waals surface area (Å²) in [7, 11) is 1.83. The Morgan fingerprint density at radius 1 is 1.53 bits per heavy atom. The lowest BCUT2D eigenvalue weighted by Gasteiger charge is -2.15. The Bertz CT molecular complexity index is 289. The zero-order valence-electron chi connectivity index (χ0n) is 9.33. The lowest BCUT2D eigenvalue weighted by Crippen LogP contribution is -2.29. The molecule has 15 heavy (non-hydrogen) atoms. The minimum absolute atomic E-state index is 0.252. The van der Waals surface area contributed by atoms with Crippen LogP contribution in [0.25, 0.3) is 0 Å². The van der Waals surface area contributed by atoms with Crippen LogP contribution in [-0.4, -0.2) is 29.6 Å². The smallest absolute Gasteiger partial charge is 0.224 e. The van der Waals surface area contributed by atoms with Gasteiger partial charge in [-0.1, -0.05) is 13.3 Å². The lowest BCUT2D eigenvalue weighted by molar-refractivity contribution is 0.643. The van der Waals surface area contributed by atoms with Gasteiger partial charge >= 0.3 is 0 Å². The molecular formula is C10H19N5. The van der Waals surface area contributed by atoms with Gasteiger partial charge in [-0.05, 0) is 12.5 Å². The molecule has 0 saturated heterocycles. The van der Waals surface area contributed by atoms with E-state index < -0.39 is 0 Å². The first kappa shape index (κ1) is 11.7. The van der Waals surface area contributed by atoms with Gasteiger partial charge in [-0.15, -0.1) is 0 Å².